The molecule has 1 N–H and O–H groups in total. The Labute approximate surface area is 135 Å². The predicted octanol–water partition coefficient (Wildman–Crippen LogP) is 4.43. The van der Waals surface area contributed by atoms with E-state index in [2.05, 4.69) is 57.1 Å². The highest BCUT2D eigenvalue weighted by Crippen LogP contribution is 2.22. The van der Waals surface area contributed by atoms with Crippen LogP contribution in [0.2, 0.25) is 5.02 Å². The standard InChI is InChI=1S/C18H31ClN2/c1-6-18(4,13-20-11-15(2)3)14-21(5)12-16-7-9-17(19)10-8-16/h7-10,15,20H,6,11-14H2,1-5H3. The Kier molecular flexibility index (Phi) is 7.72. The first kappa shape index (κ1) is 18.5. The zero-order valence-electron chi connectivity index (χ0n) is 14.2. The van der Waals surface area contributed by atoms with E-state index in [0.717, 1.165) is 31.2 Å². The van der Waals surface area contributed by atoms with Crippen molar-refractivity contribution in [2.75, 3.05) is 26.7 Å². The van der Waals surface area contributed by atoms with Crippen molar-refractivity contribution in [3.05, 3.63) is 34.9 Å². The second-order valence-electron chi connectivity index (χ2n) is 6.99. The molecule has 0 aliphatic carbocycles. The van der Waals surface area contributed by atoms with Crippen molar-refractivity contribution in [3.8, 4) is 0 Å². The average molecular weight is 311 g/mol. The first-order valence-corrected chi connectivity index (χ1v) is 8.36. The lowest BCUT2D eigenvalue weighted by molar-refractivity contribution is 0.174. The van der Waals surface area contributed by atoms with Gasteiger partial charge in [0.2, 0.25) is 0 Å². The van der Waals surface area contributed by atoms with Gasteiger partial charge in [0.1, 0.15) is 0 Å². The van der Waals surface area contributed by atoms with Crippen LogP contribution >= 0.6 is 11.6 Å². The van der Waals surface area contributed by atoms with Gasteiger partial charge in [0, 0.05) is 24.7 Å². The van der Waals surface area contributed by atoms with Crippen molar-refractivity contribution >= 4 is 11.6 Å². The van der Waals surface area contributed by atoms with E-state index >= 15 is 0 Å². The SMILES string of the molecule is CCC(C)(CNCC(C)C)CN(C)Cc1ccc(Cl)cc1. The first-order chi connectivity index (χ1) is 9.84. The van der Waals surface area contributed by atoms with Crippen LogP contribution in [-0.4, -0.2) is 31.6 Å². The van der Waals surface area contributed by atoms with Gasteiger partial charge < -0.3 is 10.2 Å². The van der Waals surface area contributed by atoms with Gasteiger partial charge in [0.05, 0.1) is 0 Å². The number of hydrogen-bond donors (Lipinski definition) is 1. The molecule has 120 valence electrons. The van der Waals surface area contributed by atoms with E-state index in [1.165, 1.54) is 12.0 Å². The molecule has 0 heterocycles. The van der Waals surface area contributed by atoms with Gasteiger partial charge in [-0.05, 0) is 49.0 Å². The summed E-state index contributed by atoms with van der Waals surface area (Å²) in [5, 5.41) is 4.41. The van der Waals surface area contributed by atoms with Crippen molar-refractivity contribution in [1.29, 1.82) is 0 Å². The van der Waals surface area contributed by atoms with Crippen LogP contribution in [0.3, 0.4) is 0 Å². The second kappa shape index (κ2) is 8.77. The molecule has 0 spiro atoms. The first-order valence-electron chi connectivity index (χ1n) is 7.98. The molecule has 0 aromatic heterocycles. The molecule has 0 amide bonds. The smallest absolute Gasteiger partial charge is 0.0406 e. The number of benzene rings is 1. The molecule has 21 heavy (non-hydrogen) atoms. The van der Waals surface area contributed by atoms with Crippen molar-refractivity contribution in [3.63, 3.8) is 0 Å². The minimum absolute atomic E-state index is 0.316. The number of hydrogen-bond acceptors (Lipinski definition) is 2. The van der Waals surface area contributed by atoms with Crippen molar-refractivity contribution in [2.45, 2.75) is 40.7 Å². The maximum atomic E-state index is 5.94. The molecule has 0 aliphatic heterocycles. The molecular formula is C18H31ClN2. The summed E-state index contributed by atoms with van der Waals surface area (Å²) in [6.45, 7) is 13.4. The molecule has 0 bridgehead atoms. The monoisotopic (exact) mass is 310 g/mol. The summed E-state index contributed by atoms with van der Waals surface area (Å²) in [6.07, 6.45) is 1.18. The Morgan fingerprint density at radius 2 is 1.86 bits per heavy atom. The second-order valence-corrected chi connectivity index (χ2v) is 7.42. The largest absolute Gasteiger partial charge is 0.316 e. The highest BCUT2D eigenvalue weighted by atomic mass is 35.5. The third kappa shape index (κ3) is 7.30. The summed E-state index contributed by atoms with van der Waals surface area (Å²) >= 11 is 5.94. The Morgan fingerprint density at radius 1 is 1.24 bits per heavy atom. The van der Waals surface area contributed by atoms with E-state index in [-0.39, 0.29) is 0 Å². The van der Waals surface area contributed by atoms with Gasteiger partial charge >= 0.3 is 0 Å². The van der Waals surface area contributed by atoms with Gasteiger partial charge in [-0.1, -0.05) is 51.4 Å². The van der Waals surface area contributed by atoms with Gasteiger partial charge in [-0.25, -0.2) is 0 Å². The summed E-state index contributed by atoms with van der Waals surface area (Å²) in [6, 6.07) is 8.15. The van der Waals surface area contributed by atoms with E-state index in [9.17, 15) is 0 Å². The molecule has 1 aromatic rings. The van der Waals surface area contributed by atoms with Gasteiger partial charge in [0.25, 0.3) is 0 Å². The molecule has 0 saturated carbocycles. The zero-order chi connectivity index (χ0) is 15.9. The van der Waals surface area contributed by atoms with Crippen LogP contribution in [0.1, 0.15) is 39.7 Å². The summed E-state index contributed by atoms with van der Waals surface area (Å²) in [4.78, 5) is 2.41. The zero-order valence-corrected chi connectivity index (χ0v) is 15.0. The normalized spacial score (nSPS) is 14.7. The molecule has 3 heteroatoms. The van der Waals surface area contributed by atoms with E-state index in [1.54, 1.807) is 0 Å². The van der Waals surface area contributed by atoms with E-state index in [0.29, 0.717) is 11.3 Å². The van der Waals surface area contributed by atoms with Crippen LogP contribution in [0.15, 0.2) is 24.3 Å². The maximum Gasteiger partial charge on any atom is 0.0406 e. The van der Waals surface area contributed by atoms with E-state index in [4.69, 9.17) is 11.6 Å². The number of nitrogens with one attached hydrogen (secondary N) is 1. The Hall–Kier alpha value is -0.570. The molecular weight excluding hydrogens is 280 g/mol. The Balaban J connectivity index is 2.48. The van der Waals surface area contributed by atoms with E-state index < -0.39 is 0 Å². The quantitative estimate of drug-likeness (QED) is 0.725. The van der Waals surface area contributed by atoms with Gasteiger partial charge in [-0.15, -0.1) is 0 Å². The molecule has 0 saturated heterocycles. The van der Waals surface area contributed by atoms with Crippen LogP contribution in [0, 0.1) is 11.3 Å². The fraction of sp³-hybridized carbons (Fsp3) is 0.667. The molecule has 1 aromatic carbocycles. The average Bonchev–Trinajstić information content (AvgIpc) is 2.41. The van der Waals surface area contributed by atoms with Crippen LogP contribution < -0.4 is 5.32 Å². The van der Waals surface area contributed by atoms with Gasteiger partial charge in [-0.3, -0.25) is 0 Å². The molecule has 0 radical (unpaired) electrons. The third-order valence-electron chi connectivity index (χ3n) is 3.98. The summed E-state index contributed by atoms with van der Waals surface area (Å²) < 4.78 is 0. The molecule has 1 unspecified atom stereocenters. The van der Waals surface area contributed by atoms with Crippen LogP contribution in [0.4, 0.5) is 0 Å². The van der Waals surface area contributed by atoms with Crippen molar-refractivity contribution in [1.82, 2.24) is 10.2 Å². The highest BCUT2D eigenvalue weighted by molar-refractivity contribution is 6.30. The van der Waals surface area contributed by atoms with Gasteiger partial charge in [0.15, 0.2) is 0 Å². The lowest BCUT2D eigenvalue weighted by Crippen LogP contribution is -2.41. The molecule has 2 nitrogen and oxygen atoms in total. The van der Waals surface area contributed by atoms with Crippen LogP contribution in [0.5, 0.6) is 0 Å². The lowest BCUT2D eigenvalue weighted by Gasteiger charge is -2.33. The fourth-order valence-electron chi connectivity index (χ4n) is 2.56. The molecule has 1 atom stereocenters. The van der Waals surface area contributed by atoms with Gasteiger partial charge in [-0.2, -0.15) is 0 Å². The predicted molar refractivity (Wildman–Crippen MR) is 93.9 cm³/mol. The number of nitrogens with zero attached hydrogens (tertiary/aromatic N) is 1. The maximum absolute atomic E-state index is 5.94. The van der Waals surface area contributed by atoms with E-state index in [1.807, 2.05) is 12.1 Å². The minimum atomic E-state index is 0.316. The highest BCUT2D eigenvalue weighted by Gasteiger charge is 2.23. The molecule has 1 rings (SSSR count). The summed E-state index contributed by atoms with van der Waals surface area (Å²) in [5.41, 5.74) is 1.63. The Morgan fingerprint density at radius 3 is 2.38 bits per heavy atom. The van der Waals surface area contributed by atoms with Crippen LogP contribution in [0.25, 0.3) is 0 Å². The number of rotatable bonds is 9. The Bertz CT molecular complexity index is 402. The lowest BCUT2D eigenvalue weighted by atomic mass is 9.86. The molecule has 0 fully saturated rings. The third-order valence-corrected chi connectivity index (χ3v) is 4.23. The van der Waals surface area contributed by atoms with Crippen LogP contribution in [-0.2, 0) is 6.54 Å². The minimum Gasteiger partial charge on any atom is -0.316 e. The molecule has 0 aliphatic rings. The van der Waals surface area contributed by atoms with Crippen molar-refractivity contribution in [2.24, 2.45) is 11.3 Å². The topological polar surface area (TPSA) is 15.3 Å². The number of halogens is 1. The summed E-state index contributed by atoms with van der Waals surface area (Å²) in [5.74, 6) is 0.706. The summed E-state index contributed by atoms with van der Waals surface area (Å²) in [7, 11) is 2.20. The van der Waals surface area contributed by atoms with Crippen molar-refractivity contribution < 1.29 is 0 Å². The fourth-order valence-corrected chi connectivity index (χ4v) is 2.69.